The highest BCUT2D eigenvalue weighted by molar-refractivity contribution is 6.31. The van der Waals surface area contributed by atoms with E-state index in [9.17, 15) is 0 Å². The molecular formula is C20H20ClN5. The van der Waals surface area contributed by atoms with Gasteiger partial charge in [0.25, 0.3) is 0 Å². The summed E-state index contributed by atoms with van der Waals surface area (Å²) >= 11 is 6.28. The standard InChI is InChI=1S/C20H20ClN5/c21-19-4-2-1-3-17(19)14-24-7-9-25(10-8-24)15-18-12-23-20-6-5-16(11-22)13-26(18)20/h1-6,12-13H,7-10,14-15H2. The fraction of sp³-hybridized carbons (Fsp3) is 0.300. The summed E-state index contributed by atoms with van der Waals surface area (Å²) in [6.07, 6.45) is 3.78. The van der Waals surface area contributed by atoms with E-state index in [1.54, 1.807) is 6.07 Å². The molecule has 5 nitrogen and oxygen atoms in total. The Bertz CT molecular complexity index is 950. The second-order valence-electron chi connectivity index (χ2n) is 6.65. The van der Waals surface area contributed by atoms with Crippen LogP contribution in [0.5, 0.6) is 0 Å². The van der Waals surface area contributed by atoms with Crippen molar-refractivity contribution in [2.45, 2.75) is 13.1 Å². The Balaban J connectivity index is 1.38. The van der Waals surface area contributed by atoms with Crippen LogP contribution in [-0.4, -0.2) is 45.4 Å². The zero-order chi connectivity index (χ0) is 17.9. The first-order chi connectivity index (χ1) is 12.7. The van der Waals surface area contributed by atoms with Crippen molar-refractivity contribution in [3.8, 4) is 6.07 Å². The second-order valence-corrected chi connectivity index (χ2v) is 7.06. The van der Waals surface area contributed by atoms with E-state index in [0.29, 0.717) is 5.56 Å². The van der Waals surface area contributed by atoms with Crippen molar-refractivity contribution >= 4 is 17.2 Å². The van der Waals surface area contributed by atoms with Crippen molar-refractivity contribution in [1.82, 2.24) is 19.2 Å². The number of imidazole rings is 1. The Labute approximate surface area is 158 Å². The second kappa shape index (κ2) is 7.46. The Morgan fingerprint density at radius 3 is 2.46 bits per heavy atom. The Morgan fingerprint density at radius 1 is 1.00 bits per heavy atom. The van der Waals surface area contributed by atoms with Crippen LogP contribution in [0.3, 0.4) is 0 Å². The predicted molar refractivity (Wildman–Crippen MR) is 102 cm³/mol. The average Bonchev–Trinajstić information content (AvgIpc) is 3.07. The molecule has 0 unspecified atom stereocenters. The number of hydrogen-bond acceptors (Lipinski definition) is 4. The van der Waals surface area contributed by atoms with Crippen LogP contribution in [0.25, 0.3) is 5.65 Å². The summed E-state index contributed by atoms with van der Waals surface area (Å²) in [5.74, 6) is 0. The maximum atomic E-state index is 9.11. The van der Waals surface area contributed by atoms with Crippen LogP contribution in [0.1, 0.15) is 16.8 Å². The predicted octanol–water partition coefficient (Wildman–Crippen LogP) is 3.18. The minimum Gasteiger partial charge on any atom is -0.301 e. The smallest absolute Gasteiger partial charge is 0.137 e. The van der Waals surface area contributed by atoms with Gasteiger partial charge in [-0.2, -0.15) is 5.26 Å². The van der Waals surface area contributed by atoms with Crippen LogP contribution in [0, 0.1) is 11.3 Å². The number of pyridine rings is 1. The largest absolute Gasteiger partial charge is 0.301 e. The summed E-state index contributed by atoms with van der Waals surface area (Å²) in [6.45, 7) is 5.80. The van der Waals surface area contributed by atoms with Gasteiger partial charge in [0.2, 0.25) is 0 Å². The molecular weight excluding hydrogens is 346 g/mol. The molecule has 6 heteroatoms. The van der Waals surface area contributed by atoms with Crippen LogP contribution < -0.4 is 0 Å². The van der Waals surface area contributed by atoms with Crippen LogP contribution in [-0.2, 0) is 13.1 Å². The van der Waals surface area contributed by atoms with Crippen molar-refractivity contribution < 1.29 is 0 Å². The number of fused-ring (bicyclic) bond motifs is 1. The van der Waals surface area contributed by atoms with Crippen molar-refractivity contribution in [3.63, 3.8) is 0 Å². The molecule has 0 radical (unpaired) electrons. The van der Waals surface area contributed by atoms with Gasteiger partial charge < -0.3 is 4.40 Å². The molecule has 132 valence electrons. The summed E-state index contributed by atoms with van der Waals surface area (Å²) in [6, 6.07) is 13.9. The van der Waals surface area contributed by atoms with E-state index in [2.05, 4.69) is 26.9 Å². The van der Waals surface area contributed by atoms with Gasteiger partial charge in [0.15, 0.2) is 0 Å². The SMILES string of the molecule is N#Cc1ccc2ncc(CN3CCN(Cc4ccccc4Cl)CC3)n2c1. The number of piperazine rings is 1. The van der Waals surface area contributed by atoms with E-state index in [1.165, 1.54) is 5.56 Å². The van der Waals surface area contributed by atoms with Gasteiger partial charge in [-0.25, -0.2) is 4.98 Å². The van der Waals surface area contributed by atoms with Crippen molar-refractivity contribution in [2.75, 3.05) is 26.2 Å². The van der Waals surface area contributed by atoms with E-state index in [0.717, 1.165) is 55.6 Å². The number of hydrogen-bond donors (Lipinski definition) is 0. The van der Waals surface area contributed by atoms with Crippen LogP contribution >= 0.6 is 11.6 Å². The topological polar surface area (TPSA) is 47.6 Å². The molecule has 0 N–H and O–H groups in total. The van der Waals surface area contributed by atoms with Gasteiger partial charge in [0, 0.05) is 50.5 Å². The minimum absolute atomic E-state index is 0.654. The van der Waals surface area contributed by atoms with E-state index in [4.69, 9.17) is 16.9 Å². The first-order valence-corrected chi connectivity index (χ1v) is 9.15. The highest BCUT2D eigenvalue weighted by Gasteiger charge is 2.19. The van der Waals surface area contributed by atoms with Gasteiger partial charge in [0.05, 0.1) is 17.5 Å². The van der Waals surface area contributed by atoms with E-state index in [1.807, 2.05) is 41.1 Å². The molecule has 0 amide bonds. The van der Waals surface area contributed by atoms with Gasteiger partial charge in [-0.05, 0) is 23.8 Å². The Hall–Kier alpha value is -2.39. The monoisotopic (exact) mass is 365 g/mol. The van der Waals surface area contributed by atoms with Crippen LogP contribution in [0.2, 0.25) is 5.02 Å². The van der Waals surface area contributed by atoms with Gasteiger partial charge in [-0.1, -0.05) is 29.8 Å². The quantitative estimate of drug-likeness (QED) is 0.712. The van der Waals surface area contributed by atoms with Crippen molar-refractivity contribution in [3.05, 3.63) is 70.6 Å². The summed E-state index contributed by atoms with van der Waals surface area (Å²) in [7, 11) is 0. The molecule has 0 spiro atoms. The summed E-state index contributed by atoms with van der Waals surface area (Å²) in [5.41, 5.74) is 3.85. The number of rotatable bonds is 4. The lowest BCUT2D eigenvalue weighted by Crippen LogP contribution is -2.45. The van der Waals surface area contributed by atoms with Gasteiger partial charge in [-0.15, -0.1) is 0 Å². The molecule has 4 rings (SSSR count). The molecule has 26 heavy (non-hydrogen) atoms. The number of halogens is 1. The zero-order valence-corrected chi connectivity index (χ0v) is 15.2. The lowest BCUT2D eigenvalue weighted by Gasteiger charge is -2.34. The summed E-state index contributed by atoms with van der Waals surface area (Å²) < 4.78 is 2.02. The van der Waals surface area contributed by atoms with Gasteiger partial charge in [0.1, 0.15) is 11.7 Å². The molecule has 1 aliphatic heterocycles. The molecule has 1 fully saturated rings. The maximum Gasteiger partial charge on any atom is 0.137 e. The molecule has 0 saturated carbocycles. The fourth-order valence-corrected chi connectivity index (χ4v) is 3.61. The van der Waals surface area contributed by atoms with Crippen LogP contribution in [0.15, 0.2) is 48.8 Å². The third kappa shape index (κ3) is 3.58. The molecule has 0 aliphatic carbocycles. The van der Waals surface area contributed by atoms with Crippen molar-refractivity contribution in [1.29, 1.82) is 5.26 Å². The molecule has 3 heterocycles. The molecule has 1 aliphatic rings. The lowest BCUT2D eigenvalue weighted by molar-refractivity contribution is 0.121. The molecule has 1 aromatic carbocycles. The Kier molecular flexibility index (Phi) is 4.89. The van der Waals surface area contributed by atoms with Gasteiger partial charge >= 0.3 is 0 Å². The number of nitrogens with zero attached hydrogens (tertiary/aromatic N) is 5. The van der Waals surface area contributed by atoms with E-state index in [-0.39, 0.29) is 0 Å². The number of aromatic nitrogens is 2. The maximum absolute atomic E-state index is 9.11. The number of nitriles is 1. The Morgan fingerprint density at radius 2 is 1.73 bits per heavy atom. The fourth-order valence-electron chi connectivity index (χ4n) is 3.42. The summed E-state index contributed by atoms with van der Waals surface area (Å²) in [4.78, 5) is 9.32. The highest BCUT2D eigenvalue weighted by Crippen LogP contribution is 2.18. The highest BCUT2D eigenvalue weighted by atomic mass is 35.5. The first-order valence-electron chi connectivity index (χ1n) is 8.77. The van der Waals surface area contributed by atoms with Crippen molar-refractivity contribution in [2.24, 2.45) is 0 Å². The van der Waals surface area contributed by atoms with E-state index >= 15 is 0 Å². The average molecular weight is 366 g/mol. The minimum atomic E-state index is 0.654. The molecule has 1 saturated heterocycles. The zero-order valence-electron chi connectivity index (χ0n) is 14.5. The summed E-state index contributed by atoms with van der Waals surface area (Å²) in [5, 5.41) is 9.95. The molecule has 2 aromatic heterocycles. The molecule has 3 aromatic rings. The lowest BCUT2D eigenvalue weighted by atomic mass is 10.2. The third-order valence-corrected chi connectivity index (χ3v) is 5.28. The van der Waals surface area contributed by atoms with Crippen LogP contribution in [0.4, 0.5) is 0 Å². The molecule has 0 bridgehead atoms. The van der Waals surface area contributed by atoms with Gasteiger partial charge in [-0.3, -0.25) is 9.80 Å². The number of benzene rings is 1. The molecule has 0 atom stereocenters. The van der Waals surface area contributed by atoms with E-state index < -0.39 is 0 Å². The first kappa shape index (κ1) is 17.0. The third-order valence-electron chi connectivity index (χ3n) is 4.91. The normalized spacial score (nSPS) is 16.0.